The zero-order valence-electron chi connectivity index (χ0n) is 14.5. The first-order valence-electron chi connectivity index (χ1n) is 8.28. The van der Waals surface area contributed by atoms with Gasteiger partial charge in [-0.05, 0) is 44.0 Å². The summed E-state index contributed by atoms with van der Waals surface area (Å²) in [5.41, 5.74) is 1.53. The van der Waals surface area contributed by atoms with E-state index in [4.69, 9.17) is 4.74 Å². The van der Waals surface area contributed by atoms with Crippen LogP contribution in [0.25, 0.3) is 10.9 Å². The Morgan fingerprint density at radius 3 is 2.88 bits per heavy atom. The van der Waals surface area contributed by atoms with Crippen molar-refractivity contribution in [2.24, 2.45) is 0 Å². The highest BCUT2D eigenvalue weighted by Gasteiger charge is 2.19. The number of ether oxygens (including phenoxy) is 1. The third kappa shape index (κ3) is 3.64. The standard InChI is InChI=1S/C19H20N2O3S/c1-4-7-13-10-16(25-12(13)3)19(23)24-11(2)17-20-15-9-6-5-8-14(15)18(22)21-17/h5-6,8-11H,4,7H2,1-3H3,(H,20,21,22)/t11-/m1/s1. The minimum Gasteiger partial charge on any atom is -0.450 e. The van der Waals surface area contributed by atoms with Gasteiger partial charge in [-0.1, -0.05) is 25.5 Å². The fraction of sp³-hybridized carbons (Fsp3) is 0.316. The molecule has 0 aliphatic heterocycles. The molecule has 3 rings (SSSR count). The number of nitrogens with zero attached hydrogens (tertiary/aromatic N) is 1. The summed E-state index contributed by atoms with van der Waals surface area (Å²) in [5.74, 6) is -0.0436. The van der Waals surface area contributed by atoms with Crippen LogP contribution in [-0.4, -0.2) is 15.9 Å². The van der Waals surface area contributed by atoms with Gasteiger partial charge in [0.1, 0.15) is 4.88 Å². The fourth-order valence-corrected chi connectivity index (χ4v) is 3.66. The second kappa shape index (κ2) is 7.19. The number of fused-ring (bicyclic) bond motifs is 1. The maximum absolute atomic E-state index is 12.4. The van der Waals surface area contributed by atoms with Crippen molar-refractivity contribution in [3.05, 3.63) is 61.8 Å². The molecule has 130 valence electrons. The molecular weight excluding hydrogens is 336 g/mol. The van der Waals surface area contributed by atoms with Gasteiger partial charge in [0.25, 0.3) is 5.56 Å². The van der Waals surface area contributed by atoms with Crippen molar-refractivity contribution in [1.82, 2.24) is 9.97 Å². The highest BCUT2D eigenvalue weighted by molar-refractivity contribution is 7.14. The molecule has 0 fully saturated rings. The number of hydrogen-bond acceptors (Lipinski definition) is 5. The van der Waals surface area contributed by atoms with Gasteiger partial charge in [-0.2, -0.15) is 0 Å². The van der Waals surface area contributed by atoms with Crippen LogP contribution in [0.3, 0.4) is 0 Å². The number of para-hydroxylation sites is 1. The minimum absolute atomic E-state index is 0.235. The summed E-state index contributed by atoms with van der Waals surface area (Å²) >= 11 is 1.44. The maximum Gasteiger partial charge on any atom is 0.349 e. The number of aromatic nitrogens is 2. The van der Waals surface area contributed by atoms with Crippen molar-refractivity contribution in [2.45, 2.75) is 39.7 Å². The van der Waals surface area contributed by atoms with E-state index in [1.54, 1.807) is 25.1 Å². The number of hydrogen-bond donors (Lipinski definition) is 1. The molecule has 1 N–H and O–H groups in total. The normalized spacial score (nSPS) is 12.3. The molecule has 3 aromatic rings. The summed E-state index contributed by atoms with van der Waals surface area (Å²) in [4.78, 5) is 33.4. The van der Waals surface area contributed by atoms with E-state index in [1.807, 2.05) is 19.1 Å². The fourth-order valence-electron chi connectivity index (χ4n) is 2.71. The molecule has 0 unspecified atom stereocenters. The summed E-state index contributed by atoms with van der Waals surface area (Å²) < 4.78 is 5.51. The Balaban J connectivity index is 1.82. The molecule has 0 bridgehead atoms. The first kappa shape index (κ1) is 17.4. The third-order valence-corrected chi connectivity index (χ3v) is 5.11. The molecule has 2 aromatic heterocycles. The number of aromatic amines is 1. The molecule has 0 amide bonds. The predicted molar refractivity (Wildman–Crippen MR) is 99.2 cm³/mol. The molecule has 25 heavy (non-hydrogen) atoms. The van der Waals surface area contributed by atoms with Crippen LogP contribution in [0.15, 0.2) is 35.1 Å². The summed E-state index contributed by atoms with van der Waals surface area (Å²) in [5, 5.41) is 0.517. The Bertz CT molecular complexity index is 974. The molecule has 0 radical (unpaired) electrons. The topological polar surface area (TPSA) is 72.0 Å². The lowest BCUT2D eigenvalue weighted by Crippen LogP contribution is -2.17. The Morgan fingerprint density at radius 1 is 1.36 bits per heavy atom. The van der Waals surface area contributed by atoms with Crippen molar-refractivity contribution >= 4 is 28.2 Å². The van der Waals surface area contributed by atoms with Crippen molar-refractivity contribution in [3.8, 4) is 0 Å². The Labute approximate surface area is 149 Å². The number of aryl methyl sites for hydroxylation is 2. The second-order valence-corrected chi connectivity index (χ2v) is 7.21. The lowest BCUT2D eigenvalue weighted by Gasteiger charge is -2.12. The molecule has 0 saturated carbocycles. The number of benzene rings is 1. The summed E-state index contributed by atoms with van der Waals surface area (Å²) in [6, 6.07) is 8.98. The number of esters is 1. The first-order valence-corrected chi connectivity index (χ1v) is 9.10. The number of thiophene rings is 1. The molecular formula is C19H20N2O3S. The molecule has 2 heterocycles. The van der Waals surface area contributed by atoms with E-state index in [-0.39, 0.29) is 5.56 Å². The molecule has 0 saturated heterocycles. The zero-order valence-corrected chi connectivity index (χ0v) is 15.3. The quantitative estimate of drug-likeness (QED) is 0.697. The highest BCUT2D eigenvalue weighted by Crippen LogP contribution is 2.25. The summed E-state index contributed by atoms with van der Waals surface area (Å²) in [6.45, 7) is 5.83. The highest BCUT2D eigenvalue weighted by atomic mass is 32.1. The van der Waals surface area contributed by atoms with Gasteiger partial charge in [0.2, 0.25) is 0 Å². The monoisotopic (exact) mass is 356 g/mol. The molecule has 1 atom stereocenters. The van der Waals surface area contributed by atoms with Gasteiger partial charge < -0.3 is 9.72 Å². The van der Waals surface area contributed by atoms with Crippen LogP contribution in [0, 0.1) is 6.92 Å². The van der Waals surface area contributed by atoms with Gasteiger partial charge in [-0.3, -0.25) is 4.79 Å². The average Bonchev–Trinajstić information content (AvgIpc) is 2.96. The lowest BCUT2D eigenvalue weighted by atomic mass is 10.1. The van der Waals surface area contributed by atoms with E-state index in [1.165, 1.54) is 16.9 Å². The Morgan fingerprint density at radius 2 is 2.12 bits per heavy atom. The van der Waals surface area contributed by atoms with E-state index >= 15 is 0 Å². The van der Waals surface area contributed by atoms with Gasteiger partial charge in [0, 0.05) is 4.88 Å². The second-order valence-electron chi connectivity index (χ2n) is 5.96. The van der Waals surface area contributed by atoms with Crippen LogP contribution in [-0.2, 0) is 11.2 Å². The van der Waals surface area contributed by atoms with Gasteiger partial charge in [0.15, 0.2) is 11.9 Å². The number of carbonyl (C=O) groups is 1. The minimum atomic E-state index is -0.637. The Kier molecular flexibility index (Phi) is 4.99. The van der Waals surface area contributed by atoms with Crippen molar-refractivity contribution in [1.29, 1.82) is 0 Å². The van der Waals surface area contributed by atoms with Crippen molar-refractivity contribution < 1.29 is 9.53 Å². The Hall–Kier alpha value is -2.47. The van der Waals surface area contributed by atoms with Crippen LogP contribution >= 0.6 is 11.3 Å². The smallest absolute Gasteiger partial charge is 0.349 e. The first-order chi connectivity index (χ1) is 12.0. The zero-order chi connectivity index (χ0) is 18.0. The van der Waals surface area contributed by atoms with E-state index < -0.39 is 12.1 Å². The van der Waals surface area contributed by atoms with Gasteiger partial charge in [-0.15, -0.1) is 11.3 Å². The van der Waals surface area contributed by atoms with Crippen LogP contribution < -0.4 is 5.56 Å². The molecule has 5 nitrogen and oxygen atoms in total. The lowest BCUT2D eigenvalue weighted by molar-refractivity contribution is 0.0326. The number of H-pyrrole nitrogens is 1. The molecule has 0 aliphatic carbocycles. The van der Waals surface area contributed by atoms with Gasteiger partial charge in [0.05, 0.1) is 10.9 Å². The summed E-state index contributed by atoms with van der Waals surface area (Å²) in [7, 11) is 0. The van der Waals surface area contributed by atoms with Crippen molar-refractivity contribution in [3.63, 3.8) is 0 Å². The molecule has 0 spiro atoms. The van der Waals surface area contributed by atoms with E-state index in [2.05, 4.69) is 16.9 Å². The summed E-state index contributed by atoms with van der Waals surface area (Å²) in [6.07, 6.45) is 1.34. The SMILES string of the molecule is CCCc1cc(C(=O)O[C@H](C)c2nc3ccccc3c(=O)[nH]2)sc1C. The third-order valence-electron chi connectivity index (χ3n) is 4.04. The van der Waals surface area contributed by atoms with Crippen LogP contribution in [0.1, 0.15) is 52.3 Å². The molecule has 6 heteroatoms. The van der Waals surface area contributed by atoms with Gasteiger partial charge >= 0.3 is 5.97 Å². The number of nitrogens with one attached hydrogen (secondary N) is 1. The predicted octanol–water partition coefficient (Wildman–Crippen LogP) is 4.16. The molecule has 0 aliphatic rings. The number of rotatable bonds is 5. The van der Waals surface area contributed by atoms with Crippen LogP contribution in [0.2, 0.25) is 0 Å². The van der Waals surface area contributed by atoms with E-state index in [0.29, 0.717) is 21.6 Å². The van der Waals surface area contributed by atoms with Crippen LogP contribution in [0.5, 0.6) is 0 Å². The van der Waals surface area contributed by atoms with Crippen LogP contribution in [0.4, 0.5) is 0 Å². The average molecular weight is 356 g/mol. The molecule has 1 aromatic carbocycles. The largest absolute Gasteiger partial charge is 0.450 e. The maximum atomic E-state index is 12.4. The van der Waals surface area contributed by atoms with Gasteiger partial charge in [-0.25, -0.2) is 9.78 Å². The number of carbonyl (C=O) groups excluding carboxylic acids is 1. The van der Waals surface area contributed by atoms with E-state index in [0.717, 1.165) is 17.7 Å². The van der Waals surface area contributed by atoms with E-state index in [9.17, 15) is 9.59 Å². The van der Waals surface area contributed by atoms with Crippen molar-refractivity contribution in [2.75, 3.05) is 0 Å².